The Morgan fingerprint density at radius 3 is 2.55 bits per heavy atom. The third kappa shape index (κ3) is 5.57. The molecule has 4 nitrogen and oxygen atoms in total. The van der Waals surface area contributed by atoms with Gasteiger partial charge in [-0.2, -0.15) is 0 Å². The lowest BCUT2D eigenvalue weighted by atomic mass is 10.0. The molecule has 0 heterocycles. The van der Waals surface area contributed by atoms with E-state index in [9.17, 15) is 4.79 Å². The van der Waals surface area contributed by atoms with E-state index in [-0.39, 0.29) is 18.2 Å². The molecular formula is C14H22Cl2N2O2. The summed E-state index contributed by atoms with van der Waals surface area (Å²) in [5.41, 5.74) is 6.62. The van der Waals surface area contributed by atoms with Crippen LogP contribution >= 0.6 is 24.0 Å². The highest BCUT2D eigenvalue weighted by molar-refractivity contribution is 6.33. The number of halogens is 2. The van der Waals surface area contributed by atoms with Crippen LogP contribution in [0, 0.1) is 0 Å². The molecule has 0 radical (unpaired) electrons. The molecule has 0 fully saturated rings. The van der Waals surface area contributed by atoms with Gasteiger partial charge in [-0.3, -0.25) is 4.79 Å². The summed E-state index contributed by atoms with van der Waals surface area (Å²) in [5.74, 6) is 0.525. The van der Waals surface area contributed by atoms with Crippen molar-refractivity contribution in [1.29, 1.82) is 0 Å². The molecule has 2 N–H and O–H groups in total. The Morgan fingerprint density at radius 2 is 2.00 bits per heavy atom. The Balaban J connectivity index is 0.00000361. The van der Waals surface area contributed by atoms with Crippen molar-refractivity contribution < 1.29 is 9.53 Å². The number of hydrogen-bond acceptors (Lipinski definition) is 4. The van der Waals surface area contributed by atoms with Gasteiger partial charge in [0.25, 0.3) is 0 Å². The highest BCUT2D eigenvalue weighted by Gasteiger charge is 2.14. The van der Waals surface area contributed by atoms with Gasteiger partial charge < -0.3 is 15.4 Å². The number of unbranched alkanes of at least 4 members (excludes halogenated alkanes) is 1. The molecule has 1 aromatic rings. The van der Waals surface area contributed by atoms with Crippen molar-refractivity contribution in [2.75, 3.05) is 33.5 Å². The van der Waals surface area contributed by atoms with Gasteiger partial charge >= 0.3 is 0 Å². The summed E-state index contributed by atoms with van der Waals surface area (Å²) in [5, 5.41) is 0.387. The molecule has 0 aliphatic carbocycles. The number of hydrogen-bond donors (Lipinski definition) is 1. The molecule has 0 saturated heterocycles. The van der Waals surface area contributed by atoms with Crippen LogP contribution in [-0.4, -0.2) is 38.4 Å². The van der Waals surface area contributed by atoms with Crippen LogP contribution in [-0.2, 0) is 0 Å². The molecule has 1 aromatic carbocycles. The fraction of sp³-hybridized carbons (Fsp3) is 0.500. The predicted octanol–water partition coefficient (Wildman–Crippen LogP) is 3.27. The lowest BCUT2D eigenvalue weighted by Crippen LogP contribution is -2.13. The summed E-state index contributed by atoms with van der Waals surface area (Å²) in [6.07, 6.45) is 2.33. The Kier molecular flexibility index (Phi) is 8.62. The third-order valence-electron chi connectivity index (χ3n) is 2.88. The molecule has 0 amide bonds. The van der Waals surface area contributed by atoms with Gasteiger partial charge in [-0.25, -0.2) is 0 Å². The summed E-state index contributed by atoms with van der Waals surface area (Å²) in [6, 6.07) is 3.18. The van der Waals surface area contributed by atoms with E-state index >= 15 is 0 Å². The molecule has 0 spiro atoms. The number of carbonyl (C=O) groups is 1. The van der Waals surface area contributed by atoms with E-state index in [2.05, 4.69) is 4.90 Å². The lowest BCUT2D eigenvalue weighted by molar-refractivity contribution is 0.0975. The van der Waals surface area contributed by atoms with Crippen LogP contribution in [0.15, 0.2) is 12.1 Å². The van der Waals surface area contributed by atoms with Crippen molar-refractivity contribution in [3.8, 4) is 5.75 Å². The zero-order chi connectivity index (χ0) is 14.4. The first-order chi connectivity index (χ1) is 8.95. The van der Waals surface area contributed by atoms with Gasteiger partial charge in [-0.15, -0.1) is 12.4 Å². The van der Waals surface area contributed by atoms with E-state index in [0.29, 0.717) is 28.4 Å². The maximum atomic E-state index is 12.1. The number of rotatable bonds is 7. The van der Waals surface area contributed by atoms with Crippen molar-refractivity contribution in [1.82, 2.24) is 4.90 Å². The molecule has 0 bridgehead atoms. The standard InChI is InChI=1S/C14H21ClN2O2.ClH/c1-17(2)7-5-4-6-13(18)10-8-11(15)12(16)9-14(10)19-3;/h8-9H,4-7,16H2,1-3H3;1H. The smallest absolute Gasteiger partial charge is 0.166 e. The van der Waals surface area contributed by atoms with Gasteiger partial charge in [0, 0.05) is 12.5 Å². The zero-order valence-corrected chi connectivity index (χ0v) is 13.7. The third-order valence-corrected chi connectivity index (χ3v) is 3.21. The van der Waals surface area contributed by atoms with E-state index < -0.39 is 0 Å². The second-order valence-electron chi connectivity index (χ2n) is 4.76. The van der Waals surface area contributed by atoms with Crippen LogP contribution < -0.4 is 10.5 Å². The van der Waals surface area contributed by atoms with E-state index in [1.165, 1.54) is 7.11 Å². The van der Waals surface area contributed by atoms with Gasteiger partial charge in [0.1, 0.15) is 5.75 Å². The van der Waals surface area contributed by atoms with Crippen LogP contribution in [0.25, 0.3) is 0 Å². The van der Waals surface area contributed by atoms with Crippen LogP contribution in [0.3, 0.4) is 0 Å². The van der Waals surface area contributed by atoms with Crippen LogP contribution in [0.1, 0.15) is 29.6 Å². The topological polar surface area (TPSA) is 55.6 Å². The number of ketones is 1. The van der Waals surface area contributed by atoms with Crippen LogP contribution in [0.2, 0.25) is 5.02 Å². The summed E-state index contributed by atoms with van der Waals surface area (Å²) in [6.45, 7) is 0.979. The Bertz CT molecular complexity index is 451. The van der Waals surface area contributed by atoms with Crippen molar-refractivity contribution in [2.24, 2.45) is 0 Å². The van der Waals surface area contributed by atoms with Crippen molar-refractivity contribution >= 4 is 35.5 Å². The Hall–Kier alpha value is -0.970. The van der Waals surface area contributed by atoms with E-state index in [0.717, 1.165) is 19.4 Å². The van der Waals surface area contributed by atoms with E-state index in [1.807, 2.05) is 14.1 Å². The summed E-state index contributed by atoms with van der Waals surface area (Å²) in [4.78, 5) is 14.2. The summed E-state index contributed by atoms with van der Waals surface area (Å²) in [7, 11) is 5.56. The average Bonchev–Trinajstić information content (AvgIpc) is 2.36. The molecule has 0 unspecified atom stereocenters. The first-order valence-corrected chi connectivity index (χ1v) is 6.64. The number of methoxy groups -OCH3 is 1. The van der Waals surface area contributed by atoms with Gasteiger partial charge in [-0.1, -0.05) is 11.6 Å². The number of ether oxygens (including phenoxy) is 1. The molecule has 0 saturated carbocycles. The van der Waals surface area contributed by atoms with Crippen molar-refractivity contribution in [3.05, 3.63) is 22.7 Å². The molecular weight excluding hydrogens is 299 g/mol. The summed E-state index contributed by atoms with van der Waals surface area (Å²) < 4.78 is 5.18. The number of Topliss-reactive ketones (excluding diaryl/α,β-unsaturated/α-hetero) is 1. The number of benzene rings is 1. The second-order valence-corrected chi connectivity index (χ2v) is 5.16. The number of carbonyl (C=O) groups excluding carboxylic acids is 1. The number of nitrogen functional groups attached to an aromatic ring is 1. The van der Waals surface area contributed by atoms with E-state index in [1.54, 1.807) is 12.1 Å². The quantitative estimate of drug-likeness (QED) is 0.476. The van der Waals surface area contributed by atoms with Gasteiger partial charge in [0.15, 0.2) is 5.78 Å². The molecule has 0 aromatic heterocycles. The summed E-state index contributed by atoms with van der Waals surface area (Å²) >= 11 is 5.95. The molecule has 6 heteroatoms. The molecule has 20 heavy (non-hydrogen) atoms. The highest BCUT2D eigenvalue weighted by Crippen LogP contribution is 2.29. The zero-order valence-electron chi connectivity index (χ0n) is 12.1. The largest absolute Gasteiger partial charge is 0.496 e. The van der Waals surface area contributed by atoms with Gasteiger partial charge in [0.05, 0.1) is 23.4 Å². The van der Waals surface area contributed by atoms with Crippen LogP contribution in [0.4, 0.5) is 5.69 Å². The lowest BCUT2D eigenvalue weighted by Gasteiger charge is -2.11. The monoisotopic (exact) mass is 320 g/mol. The highest BCUT2D eigenvalue weighted by atomic mass is 35.5. The normalized spacial score (nSPS) is 10.2. The SMILES string of the molecule is COc1cc(N)c(Cl)cc1C(=O)CCCCN(C)C.Cl. The van der Waals surface area contributed by atoms with Crippen molar-refractivity contribution in [3.63, 3.8) is 0 Å². The molecule has 114 valence electrons. The van der Waals surface area contributed by atoms with Crippen molar-refractivity contribution in [2.45, 2.75) is 19.3 Å². The van der Waals surface area contributed by atoms with Crippen LogP contribution in [0.5, 0.6) is 5.75 Å². The second kappa shape index (κ2) is 9.06. The molecule has 0 aliphatic heterocycles. The fourth-order valence-corrected chi connectivity index (χ4v) is 1.97. The fourth-order valence-electron chi connectivity index (χ4n) is 1.80. The minimum atomic E-state index is 0. The minimum absolute atomic E-state index is 0. The maximum Gasteiger partial charge on any atom is 0.166 e. The molecule has 1 rings (SSSR count). The minimum Gasteiger partial charge on any atom is -0.496 e. The molecule has 0 aliphatic rings. The maximum absolute atomic E-state index is 12.1. The number of nitrogens with zero attached hydrogens (tertiary/aromatic N) is 1. The average molecular weight is 321 g/mol. The first-order valence-electron chi connectivity index (χ1n) is 6.26. The Labute approximate surface area is 131 Å². The van der Waals surface area contributed by atoms with E-state index in [4.69, 9.17) is 22.1 Å². The number of anilines is 1. The van der Waals surface area contributed by atoms with Gasteiger partial charge in [0.2, 0.25) is 0 Å². The number of nitrogens with two attached hydrogens (primary N) is 1. The predicted molar refractivity (Wildman–Crippen MR) is 86.4 cm³/mol. The van der Waals surface area contributed by atoms with Gasteiger partial charge in [-0.05, 0) is 39.5 Å². The Morgan fingerprint density at radius 1 is 1.35 bits per heavy atom. The first kappa shape index (κ1) is 19.0. The molecule has 0 atom stereocenters.